The summed E-state index contributed by atoms with van der Waals surface area (Å²) in [5.41, 5.74) is 1.35. The third kappa shape index (κ3) is 3.79. The molecule has 0 unspecified atom stereocenters. The summed E-state index contributed by atoms with van der Waals surface area (Å²) in [4.78, 5) is 15.9. The quantitative estimate of drug-likeness (QED) is 0.807. The van der Waals surface area contributed by atoms with Crippen molar-refractivity contribution in [2.24, 2.45) is 0 Å². The van der Waals surface area contributed by atoms with Crippen molar-refractivity contribution in [2.75, 3.05) is 31.1 Å². The zero-order chi connectivity index (χ0) is 16.9. The van der Waals surface area contributed by atoms with Crippen molar-refractivity contribution < 1.29 is 13.6 Å². The summed E-state index contributed by atoms with van der Waals surface area (Å²) in [5, 5.41) is 0. The highest BCUT2D eigenvalue weighted by Crippen LogP contribution is 2.20. The number of rotatable bonds is 3. The van der Waals surface area contributed by atoms with Crippen LogP contribution in [-0.2, 0) is 4.79 Å². The smallest absolute Gasteiger partial charge is 0.246 e. The lowest BCUT2D eigenvalue weighted by molar-refractivity contribution is -0.126. The first-order chi connectivity index (χ1) is 11.6. The molecule has 2 aromatic carbocycles. The van der Waals surface area contributed by atoms with Crippen molar-refractivity contribution in [1.82, 2.24) is 4.90 Å². The van der Waals surface area contributed by atoms with Crippen LogP contribution in [0.25, 0.3) is 6.08 Å². The Morgan fingerprint density at radius 3 is 2.25 bits per heavy atom. The van der Waals surface area contributed by atoms with E-state index in [9.17, 15) is 13.6 Å². The minimum absolute atomic E-state index is 0.0903. The normalized spacial score (nSPS) is 15.1. The number of amides is 1. The average Bonchev–Trinajstić information content (AvgIpc) is 2.61. The lowest BCUT2D eigenvalue weighted by Gasteiger charge is -2.35. The second kappa shape index (κ2) is 7.25. The van der Waals surface area contributed by atoms with E-state index in [1.165, 1.54) is 24.3 Å². The maximum Gasteiger partial charge on any atom is 0.246 e. The lowest BCUT2D eigenvalue weighted by atomic mass is 10.2. The number of piperazine rings is 1. The fourth-order valence-electron chi connectivity index (χ4n) is 2.72. The molecule has 1 heterocycles. The van der Waals surface area contributed by atoms with Crippen LogP contribution in [0, 0.1) is 11.6 Å². The van der Waals surface area contributed by atoms with Crippen LogP contribution < -0.4 is 4.90 Å². The van der Waals surface area contributed by atoms with E-state index in [4.69, 9.17) is 0 Å². The molecule has 1 aliphatic rings. The van der Waals surface area contributed by atoms with Crippen molar-refractivity contribution in [3.8, 4) is 0 Å². The zero-order valence-electron chi connectivity index (χ0n) is 13.2. The molecule has 0 aromatic heterocycles. The highest BCUT2D eigenvalue weighted by atomic mass is 19.1. The largest absolute Gasteiger partial charge is 0.366 e. The van der Waals surface area contributed by atoms with E-state index in [-0.39, 0.29) is 17.5 Å². The first kappa shape index (κ1) is 16.2. The van der Waals surface area contributed by atoms with E-state index in [0.29, 0.717) is 31.9 Å². The Hall–Kier alpha value is -2.69. The molecule has 0 saturated carbocycles. The van der Waals surface area contributed by atoms with Crippen LogP contribution in [0.15, 0.2) is 54.6 Å². The highest BCUT2D eigenvalue weighted by molar-refractivity contribution is 5.92. The molecule has 0 bridgehead atoms. The van der Waals surface area contributed by atoms with Crippen LogP contribution in [0.5, 0.6) is 0 Å². The first-order valence-electron chi connectivity index (χ1n) is 7.85. The standard InChI is InChI=1S/C19H18F2N2O/c20-16-8-5-15(6-9-16)7-10-19(24)23-13-11-22(12-14-23)18-4-2-1-3-17(18)21/h1-10H,11-14H2. The van der Waals surface area contributed by atoms with Crippen molar-refractivity contribution in [2.45, 2.75) is 0 Å². The Morgan fingerprint density at radius 1 is 0.917 bits per heavy atom. The van der Waals surface area contributed by atoms with Gasteiger partial charge in [-0.2, -0.15) is 0 Å². The van der Waals surface area contributed by atoms with E-state index in [0.717, 1.165) is 5.56 Å². The number of benzene rings is 2. The SMILES string of the molecule is O=C(C=Cc1ccc(F)cc1)N1CCN(c2ccccc2F)CC1. The fraction of sp³-hybridized carbons (Fsp3) is 0.211. The molecule has 124 valence electrons. The molecule has 1 amide bonds. The molecule has 0 spiro atoms. The molecule has 3 rings (SSSR count). The topological polar surface area (TPSA) is 23.6 Å². The molecule has 1 fully saturated rings. The van der Waals surface area contributed by atoms with Gasteiger partial charge in [0.15, 0.2) is 0 Å². The molecule has 5 heteroatoms. The molecular formula is C19H18F2N2O. The van der Waals surface area contributed by atoms with Crippen molar-refractivity contribution in [3.63, 3.8) is 0 Å². The van der Waals surface area contributed by atoms with Crippen LogP contribution >= 0.6 is 0 Å². The number of anilines is 1. The molecule has 0 radical (unpaired) electrons. The zero-order valence-corrected chi connectivity index (χ0v) is 13.2. The summed E-state index contributed by atoms with van der Waals surface area (Å²) in [5.74, 6) is -0.635. The number of hydrogen-bond acceptors (Lipinski definition) is 2. The Morgan fingerprint density at radius 2 is 1.58 bits per heavy atom. The molecule has 2 aromatic rings. The number of carbonyl (C=O) groups is 1. The maximum absolute atomic E-state index is 13.8. The van der Waals surface area contributed by atoms with Gasteiger partial charge in [-0.05, 0) is 35.9 Å². The summed E-state index contributed by atoms with van der Waals surface area (Å²) in [7, 11) is 0. The molecule has 24 heavy (non-hydrogen) atoms. The van der Waals surface area contributed by atoms with E-state index in [1.807, 2.05) is 4.90 Å². The van der Waals surface area contributed by atoms with Gasteiger partial charge in [-0.3, -0.25) is 4.79 Å². The monoisotopic (exact) mass is 328 g/mol. The molecule has 0 aliphatic carbocycles. The maximum atomic E-state index is 13.8. The van der Waals surface area contributed by atoms with Crippen LogP contribution in [0.2, 0.25) is 0 Å². The molecule has 1 saturated heterocycles. The number of hydrogen-bond donors (Lipinski definition) is 0. The van der Waals surface area contributed by atoms with Gasteiger partial charge in [0.05, 0.1) is 5.69 Å². The third-order valence-electron chi connectivity index (χ3n) is 4.07. The summed E-state index contributed by atoms with van der Waals surface area (Å²) in [6.45, 7) is 2.27. The Balaban J connectivity index is 1.57. The van der Waals surface area contributed by atoms with E-state index in [2.05, 4.69) is 0 Å². The van der Waals surface area contributed by atoms with Gasteiger partial charge in [0, 0.05) is 32.3 Å². The minimum atomic E-state index is -0.303. The lowest BCUT2D eigenvalue weighted by Crippen LogP contribution is -2.48. The Kier molecular flexibility index (Phi) is 4.89. The number of nitrogens with zero attached hydrogens (tertiary/aromatic N) is 2. The summed E-state index contributed by atoms with van der Waals surface area (Å²) < 4.78 is 26.7. The second-order valence-corrected chi connectivity index (χ2v) is 5.65. The summed E-state index contributed by atoms with van der Waals surface area (Å²) in [6, 6.07) is 12.6. The van der Waals surface area contributed by atoms with Crippen molar-refractivity contribution in [1.29, 1.82) is 0 Å². The van der Waals surface area contributed by atoms with Crippen molar-refractivity contribution >= 4 is 17.7 Å². The number of carbonyl (C=O) groups excluding carboxylic acids is 1. The second-order valence-electron chi connectivity index (χ2n) is 5.65. The van der Waals surface area contributed by atoms with E-state index in [1.54, 1.807) is 41.3 Å². The molecule has 0 N–H and O–H groups in total. The predicted molar refractivity (Wildman–Crippen MR) is 90.6 cm³/mol. The molecule has 1 aliphatic heterocycles. The Bertz CT molecular complexity index is 735. The van der Waals surface area contributed by atoms with Gasteiger partial charge in [0.25, 0.3) is 0 Å². The van der Waals surface area contributed by atoms with Gasteiger partial charge in [-0.25, -0.2) is 8.78 Å². The minimum Gasteiger partial charge on any atom is -0.366 e. The van der Waals surface area contributed by atoms with Gasteiger partial charge in [0.1, 0.15) is 11.6 Å². The van der Waals surface area contributed by atoms with Gasteiger partial charge < -0.3 is 9.80 Å². The molecule has 3 nitrogen and oxygen atoms in total. The van der Waals surface area contributed by atoms with Crippen LogP contribution in [0.1, 0.15) is 5.56 Å². The average molecular weight is 328 g/mol. The van der Waals surface area contributed by atoms with Crippen LogP contribution in [-0.4, -0.2) is 37.0 Å². The van der Waals surface area contributed by atoms with Crippen LogP contribution in [0.4, 0.5) is 14.5 Å². The van der Waals surface area contributed by atoms with Gasteiger partial charge in [-0.15, -0.1) is 0 Å². The third-order valence-corrected chi connectivity index (χ3v) is 4.07. The van der Waals surface area contributed by atoms with Gasteiger partial charge in [-0.1, -0.05) is 24.3 Å². The number of para-hydroxylation sites is 1. The molecule has 0 atom stereocenters. The van der Waals surface area contributed by atoms with E-state index < -0.39 is 0 Å². The highest BCUT2D eigenvalue weighted by Gasteiger charge is 2.21. The van der Waals surface area contributed by atoms with Gasteiger partial charge in [0.2, 0.25) is 5.91 Å². The molecular weight excluding hydrogens is 310 g/mol. The fourth-order valence-corrected chi connectivity index (χ4v) is 2.72. The Labute approximate surface area is 139 Å². The first-order valence-corrected chi connectivity index (χ1v) is 7.85. The predicted octanol–water partition coefficient (Wildman–Crippen LogP) is 3.33. The summed E-state index contributed by atoms with van der Waals surface area (Å²) >= 11 is 0. The van der Waals surface area contributed by atoms with Gasteiger partial charge >= 0.3 is 0 Å². The van der Waals surface area contributed by atoms with E-state index >= 15 is 0 Å². The number of halogens is 2. The van der Waals surface area contributed by atoms with Crippen LogP contribution in [0.3, 0.4) is 0 Å². The van der Waals surface area contributed by atoms with Crippen molar-refractivity contribution in [3.05, 3.63) is 71.8 Å². The summed E-state index contributed by atoms with van der Waals surface area (Å²) in [6.07, 6.45) is 3.16.